The fraction of sp³-hybridized carbons (Fsp3) is 0.824. The van der Waals surface area contributed by atoms with E-state index >= 15 is 0 Å². The number of aliphatic hydroxyl groups is 1. The molecule has 2 heterocycles. The van der Waals surface area contributed by atoms with Crippen LogP contribution in [0, 0.1) is 19.8 Å². The Hall–Kier alpha value is -0.910. The van der Waals surface area contributed by atoms with Gasteiger partial charge in [-0.15, -0.1) is 0 Å². The number of rotatable bonds is 7. The molecule has 0 spiro atoms. The molecule has 5 nitrogen and oxygen atoms in total. The van der Waals surface area contributed by atoms with Crippen LogP contribution in [0.2, 0.25) is 0 Å². The summed E-state index contributed by atoms with van der Waals surface area (Å²) >= 11 is 0. The Bertz CT molecular complexity index is 513. The Labute approximate surface area is 133 Å². The Morgan fingerprint density at radius 3 is 2.64 bits per heavy atom. The van der Waals surface area contributed by atoms with Crippen LogP contribution in [0.25, 0.3) is 0 Å². The lowest BCUT2D eigenvalue weighted by atomic mass is 10.1. The van der Waals surface area contributed by atoms with Gasteiger partial charge in [0.25, 0.3) is 0 Å². The van der Waals surface area contributed by atoms with Crippen molar-refractivity contribution >= 4 is 0 Å². The van der Waals surface area contributed by atoms with E-state index in [1.807, 2.05) is 11.7 Å². The van der Waals surface area contributed by atoms with Gasteiger partial charge in [-0.05, 0) is 39.0 Å². The van der Waals surface area contributed by atoms with Crippen LogP contribution in [0.1, 0.15) is 36.2 Å². The van der Waals surface area contributed by atoms with Crippen molar-refractivity contribution in [1.29, 1.82) is 0 Å². The normalized spacial score (nSPS) is 24.8. The number of aliphatic hydroxyl groups excluding tert-OH is 1. The van der Waals surface area contributed by atoms with Gasteiger partial charge in [-0.2, -0.15) is 5.10 Å². The van der Waals surface area contributed by atoms with Crippen LogP contribution in [0.5, 0.6) is 0 Å². The average Bonchev–Trinajstić information content (AvgIpc) is 3.16. The zero-order chi connectivity index (χ0) is 15.7. The summed E-state index contributed by atoms with van der Waals surface area (Å²) in [6, 6.07) is 0.836. The van der Waals surface area contributed by atoms with Gasteiger partial charge >= 0.3 is 0 Å². The molecule has 124 valence electrons. The largest absolute Gasteiger partial charge is 0.395 e. The van der Waals surface area contributed by atoms with Crippen molar-refractivity contribution in [2.45, 2.75) is 45.7 Å². The fourth-order valence-corrected chi connectivity index (χ4v) is 4.25. The van der Waals surface area contributed by atoms with Crippen LogP contribution in [0.15, 0.2) is 0 Å². The summed E-state index contributed by atoms with van der Waals surface area (Å²) in [4.78, 5) is 5.05. The van der Waals surface area contributed by atoms with Gasteiger partial charge in [0, 0.05) is 57.1 Å². The summed E-state index contributed by atoms with van der Waals surface area (Å²) in [5.74, 6) is 0.958. The van der Waals surface area contributed by atoms with Crippen LogP contribution in [-0.4, -0.2) is 63.5 Å². The van der Waals surface area contributed by atoms with E-state index in [0.29, 0.717) is 0 Å². The highest BCUT2D eigenvalue weighted by Crippen LogP contribution is 2.36. The molecule has 1 saturated carbocycles. The fourth-order valence-electron chi connectivity index (χ4n) is 4.25. The van der Waals surface area contributed by atoms with Gasteiger partial charge in [-0.1, -0.05) is 0 Å². The first kappa shape index (κ1) is 16.0. The van der Waals surface area contributed by atoms with Crippen LogP contribution in [0.4, 0.5) is 0 Å². The molecule has 1 aliphatic heterocycles. The third-order valence-electron chi connectivity index (χ3n) is 5.68. The third kappa shape index (κ3) is 3.21. The van der Waals surface area contributed by atoms with Crippen LogP contribution >= 0.6 is 0 Å². The summed E-state index contributed by atoms with van der Waals surface area (Å²) in [6.45, 7) is 9.55. The van der Waals surface area contributed by atoms with Crippen molar-refractivity contribution in [2.75, 3.05) is 32.8 Å². The first-order chi connectivity index (χ1) is 10.6. The van der Waals surface area contributed by atoms with Gasteiger partial charge in [0.15, 0.2) is 0 Å². The summed E-state index contributed by atoms with van der Waals surface area (Å²) < 4.78 is 1.96. The molecule has 2 atom stereocenters. The van der Waals surface area contributed by atoms with E-state index in [4.69, 9.17) is 0 Å². The van der Waals surface area contributed by atoms with Gasteiger partial charge in [-0.25, -0.2) is 0 Å². The summed E-state index contributed by atoms with van der Waals surface area (Å²) in [5.41, 5.74) is 3.67. The van der Waals surface area contributed by atoms with Crippen molar-refractivity contribution in [3.05, 3.63) is 17.0 Å². The smallest absolute Gasteiger partial charge is 0.0641 e. The van der Waals surface area contributed by atoms with Crippen molar-refractivity contribution < 1.29 is 5.11 Å². The maximum Gasteiger partial charge on any atom is 0.0641 e. The summed E-state index contributed by atoms with van der Waals surface area (Å²) in [7, 11) is 2.00. The van der Waals surface area contributed by atoms with E-state index in [1.165, 1.54) is 37.1 Å². The lowest BCUT2D eigenvalue weighted by molar-refractivity contribution is 0.146. The Morgan fingerprint density at radius 1 is 1.27 bits per heavy atom. The molecule has 2 bridgehead atoms. The first-order valence-corrected chi connectivity index (χ1v) is 8.64. The molecule has 1 aliphatic carbocycles. The van der Waals surface area contributed by atoms with E-state index in [1.54, 1.807) is 0 Å². The van der Waals surface area contributed by atoms with Gasteiger partial charge in [0.05, 0.1) is 12.3 Å². The van der Waals surface area contributed by atoms with E-state index in [-0.39, 0.29) is 6.61 Å². The topological polar surface area (TPSA) is 44.5 Å². The Morgan fingerprint density at radius 2 is 2.09 bits per heavy atom. The number of likely N-dealkylation sites (tertiary alicyclic amines) is 1. The second-order valence-electron chi connectivity index (χ2n) is 7.10. The Balaban J connectivity index is 1.58. The molecule has 5 heteroatoms. The van der Waals surface area contributed by atoms with Gasteiger partial charge in [0.2, 0.25) is 0 Å². The predicted molar refractivity (Wildman–Crippen MR) is 87.7 cm³/mol. The zero-order valence-electron chi connectivity index (χ0n) is 14.3. The molecular weight excluding hydrogens is 276 g/mol. The quantitative estimate of drug-likeness (QED) is 0.825. The lowest BCUT2D eigenvalue weighted by Gasteiger charge is -2.30. The molecule has 1 aromatic rings. The molecule has 3 rings (SSSR count). The monoisotopic (exact) mass is 306 g/mol. The van der Waals surface area contributed by atoms with Gasteiger partial charge < -0.3 is 5.11 Å². The van der Waals surface area contributed by atoms with E-state index in [9.17, 15) is 5.11 Å². The second kappa shape index (κ2) is 6.69. The van der Waals surface area contributed by atoms with Crippen molar-refractivity contribution in [3.63, 3.8) is 0 Å². The number of aromatic nitrogens is 2. The highest BCUT2D eigenvalue weighted by molar-refractivity contribution is 5.24. The first-order valence-electron chi connectivity index (χ1n) is 8.64. The molecule has 0 radical (unpaired) electrons. The zero-order valence-corrected chi connectivity index (χ0v) is 14.3. The number of nitrogens with zero attached hydrogens (tertiary/aromatic N) is 4. The minimum atomic E-state index is 0.227. The molecule has 1 aromatic heterocycles. The van der Waals surface area contributed by atoms with Crippen LogP contribution < -0.4 is 0 Å². The van der Waals surface area contributed by atoms with Crippen LogP contribution in [0.3, 0.4) is 0 Å². The van der Waals surface area contributed by atoms with Gasteiger partial charge in [-0.3, -0.25) is 14.5 Å². The molecule has 0 amide bonds. The van der Waals surface area contributed by atoms with Crippen molar-refractivity contribution in [2.24, 2.45) is 13.0 Å². The molecule has 2 aliphatic rings. The van der Waals surface area contributed by atoms with E-state index in [2.05, 4.69) is 28.7 Å². The lowest BCUT2D eigenvalue weighted by Crippen LogP contribution is -2.40. The molecule has 1 N–H and O–H groups in total. The molecule has 2 fully saturated rings. The molecule has 0 unspecified atom stereocenters. The number of hydrogen-bond donors (Lipinski definition) is 1. The maximum absolute atomic E-state index is 9.38. The third-order valence-corrected chi connectivity index (χ3v) is 5.68. The predicted octanol–water partition coefficient (Wildman–Crippen LogP) is 1.32. The molecule has 0 aromatic carbocycles. The summed E-state index contributed by atoms with van der Waals surface area (Å²) in [5, 5.41) is 13.9. The number of fused-ring (bicyclic) bond motifs is 2. The molecular formula is C17H30N4O. The van der Waals surface area contributed by atoms with E-state index < -0.39 is 0 Å². The highest BCUT2D eigenvalue weighted by atomic mass is 16.3. The number of hydrogen-bond acceptors (Lipinski definition) is 4. The van der Waals surface area contributed by atoms with Crippen molar-refractivity contribution in [3.8, 4) is 0 Å². The molecule has 22 heavy (non-hydrogen) atoms. The minimum absolute atomic E-state index is 0.227. The second-order valence-corrected chi connectivity index (χ2v) is 7.10. The van der Waals surface area contributed by atoms with Crippen molar-refractivity contribution in [1.82, 2.24) is 19.6 Å². The van der Waals surface area contributed by atoms with E-state index in [0.717, 1.165) is 43.8 Å². The maximum atomic E-state index is 9.38. The Kier molecular flexibility index (Phi) is 4.85. The number of aryl methyl sites for hydroxylation is 2. The van der Waals surface area contributed by atoms with Crippen LogP contribution in [-0.2, 0) is 13.6 Å². The SMILES string of the molecule is Cc1nn(C)c(C)c1CN(CCO)CCN1C[C@@H]2CC[C@H]1C2. The minimum Gasteiger partial charge on any atom is -0.395 e. The summed E-state index contributed by atoms with van der Waals surface area (Å²) in [6.07, 6.45) is 4.25. The highest BCUT2D eigenvalue weighted by Gasteiger charge is 2.37. The standard InChI is InChI=1S/C17H30N4O/c1-13-17(14(2)19(3)18-13)12-20(8-9-22)6-7-21-11-15-4-5-16(21)10-15/h15-16,22H,4-12H2,1-3H3/t15-,16+/m1/s1. The molecule has 1 saturated heterocycles. The average molecular weight is 306 g/mol. The number of piperidine rings is 1. The van der Waals surface area contributed by atoms with Gasteiger partial charge in [0.1, 0.15) is 0 Å².